The van der Waals surface area contributed by atoms with Gasteiger partial charge in [-0.3, -0.25) is 0 Å². The van der Waals surface area contributed by atoms with E-state index in [1.165, 1.54) is 12.1 Å². The summed E-state index contributed by atoms with van der Waals surface area (Å²) in [5.41, 5.74) is -0.354. The Balaban J connectivity index is 2.19. The van der Waals surface area contributed by atoms with Gasteiger partial charge in [0.2, 0.25) is 0 Å². The maximum Gasteiger partial charge on any atom is 0.416 e. The zero-order valence-electron chi connectivity index (χ0n) is 11.5. The third-order valence-electron chi connectivity index (χ3n) is 3.13. The summed E-state index contributed by atoms with van der Waals surface area (Å²) in [5.74, 6) is 0.744. The molecule has 2 rings (SSSR count). The van der Waals surface area contributed by atoms with Gasteiger partial charge < -0.3 is 9.88 Å². The SMILES string of the molecule is C=CC[NH2+]Cc1nccn1Cc1ccccc1C(F)(F)F. The molecule has 0 aliphatic heterocycles. The van der Waals surface area contributed by atoms with Gasteiger partial charge in [0.15, 0.2) is 5.82 Å². The molecule has 6 heteroatoms. The number of hydrogen-bond donors (Lipinski definition) is 1. The van der Waals surface area contributed by atoms with Crippen LogP contribution in [0.25, 0.3) is 0 Å². The molecule has 0 atom stereocenters. The first-order valence-corrected chi connectivity index (χ1v) is 6.60. The third-order valence-corrected chi connectivity index (χ3v) is 3.13. The summed E-state index contributed by atoms with van der Waals surface area (Å²) in [5, 5.41) is 1.99. The van der Waals surface area contributed by atoms with E-state index in [1.807, 2.05) is 5.32 Å². The molecule has 0 saturated carbocycles. The van der Waals surface area contributed by atoms with Gasteiger partial charge >= 0.3 is 6.18 Å². The summed E-state index contributed by atoms with van der Waals surface area (Å²) in [6.45, 7) is 5.13. The van der Waals surface area contributed by atoms with Crippen LogP contribution in [-0.4, -0.2) is 16.1 Å². The average Bonchev–Trinajstić information content (AvgIpc) is 2.86. The number of imidazole rings is 1. The molecule has 1 aromatic heterocycles. The van der Waals surface area contributed by atoms with E-state index in [2.05, 4.69) is 11.6 Å². The molecule has 0 aliphatic carbocycles. The maximum absolute atomic E-state index is 13.0. The highest BCUT2D eigenvalue weighted by molar-refractivity contribution is 5.30. The van der Waals surface area contributed by atoms with Crippen molar-refractivity contribution >= 4 is 0 Å². The Kier molecular flexibility index (Phi) is 4.80. The van der Waals surface area contributed by atoms with Gasteiger partial charge in [0.1, 0.15) is 6.54 Å². The molecule has 1 aromatic carbocycles. The van der Waals surface area contributed by atoms with Crippen LogP contribution in [0.5, 0.6) is 0 Å². The molecule has 0 amide bonds. The van der Waals surface area contributed by atoms with E-state index in [0.29, 0.717) is 6.54 Å². The predicted octanol–water partition coefficient (Wildman–Crippen LogP) is 2.20. The quantitative estimate of drug-likeness (QED) is 0.643. The third kappa shape index (κ3) is 3.95. The van der Waals surface area contributed by atoms with E-state index in [-0.39, 0.29) is 12.1 Å². The van der Waals surface area contributed by atoms with Gasteiger partial charge in [0.05, 0.1) is 12.1 Å². The number of aromatic nitrogens is 2. The second-order valence-corrected chi connectivity index (χ2v) is 4.64. The van der Waals surface area contributed by atoms with Crippen molar-refractivity contribution in [2.45, 2.75) is 19.3 Å². The molecule has 0 saturated heterocycles. The molecule has 0 unspecified atom stereocenters. The monoisotopic (exact) mass is 296 g/mol. The lowest BCUT2D eigenvalue weighted by Crippen LogP contribution is -2.82. The van der Waals surface area contributed by atoms with Crippen LogP contribution in [0.3, 0.4) is 0 Å². The molecule has 2 N–H and O–H groups in total. The van der Waals surface area contributed by atoms with Crippen LogP contribution in [0.1, 0.15) is 17.0 Å². The first kappa shape index (κ1) is 15.3. The molecule has 3 nitrogen and oxygen atoms in total. The summed E-state index contributed by atoms with van der Waals surface area (Å²) in [7, 11) is 0. The molecule has 0 radical (unpaired) electrons. The molecule has 112 valence electrons. The van der Waals surface area contributed by atoms with Crippen LogP contribution in [0.15, 0.2) is 49.3 Å². The van der Waals surface area contributed by atoms with Crippen molar-refractivity contribution in [3.05, 3.63) is 66.3 Å². The number of hydrogen-bond acceptors (Lipinski definition) is 1. The Labute approximate surface area is 121 Å². The van der Waals surface area contributed by atoms with E-state index in [0.717, 1.165) is 18.4 Å². The molecule has 0 fully saturated rings. The first-order chi connectivity index (χ1) is 10.0. The number of quaternary nitrogens is 1. The van der Waals surface area contributed by atoms with E-state index in [1.54, 1.807) is 29.1 Å². The lowest BCUT2D eigenvalue weighted by atomic mass is 10.1. The summed E-state index contributed by atoms with van der Waals surface area (Å²) in [6.07, 6.45) is 0.732. The van der Waals surface area contributed by atoms with Gasteiger partial charge in [0.25, 0.3) is 0 Å². The zero-order chi connectivity index (χ0) is 15.3. The number of nitrogens with zero attached hydrogens (tertiary/aromatic N) is 2. The van der Waals surface area contributed by atoms with Crippen LogP contribution in [0.4, 0.5) is 13.2 Å². The standard InChI is InChI=1S/C15H16F3N3/c1-2-7-19-10-14-20-8-9-21(14)11-12-5-3-4-6-13(12)15(16,17)18/h2-6,8-9,19H,1,7,10-11H2/p+1. The number of nitrogens with two attached hydrogens (primary N) is 1. The van der Waals surface area contributed by atoms with Gasteiger partial charge in [-0.2, -0.15) is 13.2 Å². The minimum absolute atomic E-state index is 0.160. The highest BCUT2D eigenvalue weighted by atomic mass is 19.4. The topological polar surface area (TPSA) is 34.4 Å². The summed E-state index contributed by atoms with van der Waals surface area (Å²) >= 11 is 0. The highest BCUT2D eigenvalue weighted by Crippen LogP contribution is 2.32. The average molecular weight is 296 g/mol. The normalized spacial score (nSPS) is 11.6. The van der Waals surface area contributed by atoms with E-state index in [4.69, 9.17) is 0 Å². The van der Waals surface area contributed by atoms with Crippen LogP contribution >= 0.6 is 0 Å². The molecular weight excluding hydrogens is 279 g/mol. The van der Waals surface area contributed by atoms with Crippen molar-refractivity contribution in [3.8, 4) is 0 Å². The predicted molar refractivity (Wildman–Crippen MR) is 73.5 cm³/mol. The summed E-state index contributed by atoms with van der Waals surface area (Å²) in [6, 6.07) is 5.62. The smallest absolute Gasteiger partial charge is 0.337 e. The Hall–Kier alpha value is -2.08. The molecule has 2 aromatic rings. The van der Waals surface area contributed by atoms with Gasteiger partial charge in [-0.05, 0) is 17.7 Å². The molecular formula is C15H17F3N3+. The molecule has 21 heavy (non-hydrogen) atoms. The van der Waals surface area contributed by atoms with Gasteiger partial charge in [0, 0.05) is 18.9 Å². The summed E-state index contributed by atoms with van der Waals surface area (Å²) in [4.78, 5) is 4.19. The lowest BCUT2D eigenvalue weighted by molar-refractivity contribution is -0.663. The second-order valence-electron chi connectivity index (χ2n) is 4.64. The zero-order valence-corrected chi connectivity index (χ0v) is 11.5. The molecule has 1 heterocycles. The Morgan fingerprint density at radius 3 is 2.76 bits per heavy atom. The van der Waals surface area contributed by atoms with Gasteiger partial charge in [-0.25, -0.2) is 4.98 Å². The van der Waals surface area contributed by atoms with E-state index in [9.17, 15) is 13.2 Å². The van der Waals surface area contributed by atoms with Crippen molar-refractivity contribution in [1.82, 2.24) is 9.55 Å². The molecule has 0 bridgehead atoms. The van der Waals surface area contributed by atoms with Crippen molar-refractivity contribution in [1.29, 1.82) is 0 Å². The van der Waals surface area contributed by atoms with Crippen molar-refractivity contribution in [3.63, 3.8) is 0 Å². The first-order valence-electron chi connectivity index (χ1n) is 6.60. The van der Waals surface area contributed by atoms with Crippen molar-refractivity contribution in [2.24, 2.45) is 0 Å². The fourth-order valence-electron chi connectivity index (χ4n) is 2.12. The maximum atomic E-state index is 13.0. The number of rotatable bonds is 6. The van der Waals surface area contributed by atoms with Crippen molar-refractivity contribution < 1.29 is 18.5 Å². The highest BCUT2D eigenvalue weighted by Gasteiger charge is 2.32. The van der Waals surface area contributed by atoms with E-state index < -0.39 is 11.7 Å². The van der Waals surface area contributed by atoms with Crippen molar-refractivity contribution in [2.75, 3.05) is 6.54 Å². The largest absolute Gasteiger partial charge is 0.416 e. The Morgan fingerprint density at radius 2 is 2.05 bits per heavy atom. The fourth-order valence-corrected chi connectivity index (χ4v) is 2.12. The molecule has 0 spiro atoms. The Morgan fingerprint density at radius 1 is 1.29 bits per heavy atom. The van der Waals surface area contributed by atoms with Crippen LogP contribution in [0, 0.1) is 0 Å². The molecule has 0 aliphatic rings. The minimum atomic E-state index is -4.34. The fraction of sp³-hybridized carbons (Fsp3) is 0.267. The number of halogens is 3. The minimum Gasteiger partial charge on any atom is -0.337 e. The number of benzene rings is 1. The number of alkyl halides is 3. The van der Waals surface area contributed by atoms with Crippen LogP contribution in [0.2, 0.25) is 0 Å². The summed E-state index contributed by atoms with van der Waals surface area (Å²) < 4.78 is 40.7. The van der Waals surface area contributed by atoms with Gasteiger partial charge in [-0.1, -0.05) is 24.8 Å². The van der Waals surface area contributed by atoms with Crippen LogP contribution < -0.4 is 5.32 Å². The second kappa shape index (κ2) is 6.58. The Bertz CT molecular complexity index is 602. The van der Waals surface area contributed by atoms with Gasteiger partial charge in [-0.15, -0.1) is 0 Å². The lowest BCUT2D eigenvalue weighted by Gasteiger charge is -2.14. The van der Waals surface area contributed by atoms with E-state index >= 15 is 0 Å². The van der Waals surface area contributed by atoms with Crippen LogP contribution in [-0.2, 0) is 19.3 Å².